The van der Waals surface area contributed by atoms with Gasteiger partial charge in [0, 0.05) is 60.1 Å². The fraction of sp³-hybridized carbons (Fsp3) is 0.0189. The van der Waals surface area contributed by atoms with Crippen molar-refractivity contribution in [3.8, 4) is 22.4 Å². The van der Waals surface area contributed by atoms with Gasteiger partial charge in [-0.15, -0.1) is 0 Å². The van der Waals surface area contributed by atoms with Gasteiger partial charge in [-0.05, 0) is 47.0 Å². The molecule has 272 valence electrons. The van der Waals surface area contributed by atoms with Crippen molar-refractivity contribution in [1.29, 1.82) is 0 Å². The van der Waals surface area contributed by atoms with Crippen LogP contribution in [0.2, 0.25) is 0 Å². The molecule has 0 fully saturated rings. The van der Waals surface area contributed by atoms with Crippen molar-refractivity contribution < 1.29 is 8.83 Å². The number of nitrogens with one attached hydrogen (secondary N) is 1. The van der Waals surface area contributed by atoms with Crippen LogP contribution in [0.25, 0.3) is 93.6 Å². The van der Waals surface area contributed by atoms with Crippen LogP contribution < -0.4 is 5.32 Å². The Morgan fingerprint density at radius 3 is 1.93 bits per heavy atom. The number of rotatable bonds is 5. The van der Waals surface area contributed by atoms with E-state index in [0.29, 0.717) is 0 Å². The summed E-state index contributed by atoms with van der Waals surface area (Å²) in [6, 6.07) is 63.2. The summed E-state index contributed by atoms with van der Waals surface area (Å²) in [6.45, 7) is 0. The van der Waals surface area contributed by atoms with Gasteiger partial charge in [-0.25, -0.2) is 4.98 Å². The lowest BCUT2D eigenvalue weighted by Crippen LogP contribution is -2.25. The van der Waals surface area contributed by atoms with Gasteiger partial charge in [-0.2, -0.15) is 0 Å². The predicted molar refractivity (Wildman–Crippen MR) is 238 cm³/mol. The van der Waals surface area contributed by atoms with Crippen LogP contribution in [0.5, 0.6) is 0 Å². The molecule has 0 aliphatic carbocycles. The van der Waals surface area contributed by atoms with E-state index in [2.05, 4.69) is 157 Å². The number of hydrogen-bond acceptors (Lipinski definition) is 5. The molecule has 11 aromatic rings. The van der Waals surface area contributed by atoms with Crippen LogP contribution in [0.1, 0.15) is 22.9 Å². The first kappa shape index (κ1) is 32.5. The van der Waals surface area contributed by atoms with Crippen molar-refractivity contribution in [3.63, 3.8) is 0 Å². The molecule has 1 aliphatic rings. The molecule has 8 aromatic carbocycles. The number of aliphatic imine (C=N–C) groups is 1. The summed E-state index contributed by atoms with van der Waals surface area (Å²) in [5, 5.41) is 11.4. The van der Waals surface area contributed by atoms with E-state index in [4.69, 9.17) is 18.8 Å². The molecule has 0 saturated carbocycles. The van der Waals surface area contributed by atoms with E-state index in [1.165, 1.54) is 0 Å². The average molecular weight is 744 g/mol. The Kier molecular flexibility index (Phi) is 7.23. The molecule has 4 heterocycles. The second-order valence-corrected chi connectivity index (χ2v) is 14.9. The van der Waals surface area contributed by atoms with Crippen LogP contribution in [-0.4, -0.2) is 10.7 Å². The zero-order valence-corrected chi connectivity index (χ0v) is 31.2. The molecule has 12 rings (SSSR count). The van der Waals surface area contributed by atoms with Gasteiger partial charge in [0.2, 0.25) is 0 Å². The molecular weight excluding hydrogens is 711 g/mol. The highest BCUT2D eigenvalue weighted by atomic mass is 16.3. The van der Waals surface area contributed by atoms with E-state index < -0.39 is 0 Å². The summed E-state index contributed by atoms with van der Waals surface area (Å²) < 4.78 is 13.3. The van der Waals surface area contributed by atoms with Gasteiger partial charge >= 0.3 is 0 Å². The van der Waals surface area contributed by atoms with E-state index in [9.17, 15) is 0 Å². The predicted octanol–water partition coefficient (Wildman–Crippen LogP) is 13.7. The Balaban J connectivity index is 0.973. The van der Waals surface area contributed by atoms with Gasteiger partial charge in [-0.1, -0.05) is 158 Å². The molecule has 1 N–H and O–H groups in total. The molecule has 0 saturated heterocycles. The minimum absolute atomic E-state index is 0.326. The molecule has 1 aliphatic heterocycles. The van der Waals surface area contributed by atoms with Crippen LogP contribution in [0.3, 0.4) is 0 Å². The lowest BCUT2D eigenvalue weighted by Gasteiger charge is -2.25. The number of pyridine rings is 1. The number of para-hydroxylation sites is 3. The van der Waals surface area contributed by atoms with Crippen molar-refractivity contribution in [2.75, 3.05) is 0 Å². The molecule has 5 nitrogen and oxygen atoms in total. The lowest BCUT2D eigenvalue weighted by molar-refractivity contribution is 0.658. The maximum absolute atomic E-state index is 7.01. The summed E-state index contributed by atoms with van der Waals surface area (Å²) in [7, 11) is 0. The largest absolute Gasteiger partial charge is 0.456 e. The Morgan fingerprint density at radius 2 is 1.09 bits per heavy atom. The third-order valence-electron chi connectivity index (χ3n) is 11.5. The van der Waals surface area contributed by atoms with E-state index in [-0.39, 0.29) is 6.17 Å². The van der Waals surface area contributed by atoms with Crippen LogP contribution in [0.4, 0.5) is 0 Å². The Bertz CT molecular complexity index is 3470. The zero-order valence-electron chi connectivity index (χ0n) is 31.2. The molecule has 1 atom stereocenters. The Morgan fingerprint density at radius 1 is 0.431 bits per heavy atom. The van der Waals surface area contributed by atoms with E-state index in [1.807, 2.05) is 36.4 Å². The minimum atomic E-state index is -0.326. The number of hydrogen-bond donors (Lipinski definition) is 1. The van der Waals surface area contributed by atoms with Gasteiger partial charge in [0.15, 0.2) is 0 Å². The molecule has 0 amide bonds. The van der Waals surface area contributed by atoms with Crippen molar-refractivity contribution in [3.05, 3.63) is 205 Å². The maximum atomic E-state index is 7.01. The number of nitrogens with zero attached hydrogens (tertiary/aromatic N) is 2. The second kappa shape index (κ2) is 12.9. The fourth-order valence-corrected chi connectivity index (χ4v) is 8.81. The Hall–Kier alpha value is -7.76. The van der Waals surface area contributed by atoms with E-state index in [1.54, 1.807) is 0 Å². The molecule has 0 radical (unpaired) electrons. The number of benzene rings is 8. The number of fused-ring (bicyclic) bond motifs is 10. The molecular formula is C53H33N3O2. The molecule has 58 heavy (non-hydrogen) atoms. The summed E-state index contributed by atoms with van der Waals surface area (Å²) in [4.78, 5) is 10.4. The Labute approximate surface area is 333 Å². The van der Waals surface area contributed by atoms with Gasteiger partial charge < -0.3 is 14.2 Å². The lowest BCUT2D eigenvalue weighted by atomic mass is 9.96. The van der Waals surface area contributed by atoms with Gasteiger partial charge in [0.05, 0.1) is 16.9 Å². The molecule has 1 unspecified atom stereocenters. The van der Waals surface area contributed by atoms with Crippen molar-refractivity contribution in [1.82, 2.24) is 10.3 Å². The maximum Gasteiger partial charge on any atom is 0.146 e. The van der Waals surface area contributed by atoms with Crippen molar-refractivity contribution in [2.45, 2.75) is 6.17 Å². The number of furan rings is 2. The number of aromatic nitrogens is 1. The van der Waals surface area contributed by atoms with Gasteiger partial charge in [-0.3, -0.25) is 4.99 Å². The monoisotopic (exact) mass is 743 g/mol. The third kappa shape index (κ3) is 5.10. The van der Waals surface area contributed by atoms with E-state index in [0.717, 1.165) is 116 Å². The minimum Gasteiger partial charge on any atom is -0.456 e. The molecule has 5 heteroatoms. The highest BCUT2D eigenvalue weighted by Gasteiger charge is 2.24. The standard InChI is InChI=1S/C53H33N3O2/c1-3-13-33(14-4-1)44-31-45(56-53(55-44)42-21-12-24-47-48(42)40-18-8-10-23-46(40)57-47)34-27-25-32(26-28-34)36-19-11-20-37-38-29-30-41-49(52(38)58-51(36)37)39-17-7-9-22-43(39)54-50(41)35-15-5-2-6-16-35/h1-31,53,56H. The average Bonchev–Trinajstić information content (AvgIpc) is 3.88. The van der Waals surface area contributed by atoms with Crippen LogP contribution in [-0.2, 0) is 0 Å². The quantitative estimate of drug-likeness (QED) is 0.178. The van der Waals surface area contributed by atoms with Crippen LogP contribution in [0, 0.1) is 0 Å². The highest BCUT2D eigenvalue weighted by molar-refractivity contribution is 6.25. The first-order chi connectivity index (χ1) is 28.7. The summed E-state index contributed by atoms with van der Waals surface area (Å²) in [5.41, 5.74) is 13.7. The SMILES string of the molecule is C1=C(c2ccc(-c3cccc4c3oc3c4ccc4c(-c5ccccc5)nc5ccccc5c43)cc2)NC(c2cccc3oc4ccccc4c23)N=C1c1ccccc1. The van der Waals surface area contributed by atoms with Crippen LogP contribution >= 0.6 is 0 Å². The normalized spacial score (nSPS) is 14.4. The molecule has 3 aromatic heterocycles. The fourth-order valence-electron chi connectivity index (χ4n) is 8.81. The molecule has 0 spiro atoms. The topological polar surface area (TPSA) is 63.6 Å². The van der Waals surface area contributed by atoms with Gasteiger partial charge in [0.1, 0.15) is 28.5 Å². The van der Waals surface area contributed by atoms with Crippen LogP contribution in [0.15, 0.2) is 202 Å². The summed E-state index contributed by atoms with van der Waals surface area (Å²) in [5.74, 6) is 0. The smallest absolute Gasteiger partial charge is 0.146 e. The number of allylic oxidation sites excluding steroid dienone is 1. The first-order valence-corrected chi connectivity index (χ1v) is 19.6. The molecule has 0 bridgehead atoms. The highest BCUT2D eigenvalue weighted by Crippen LogP contribution is 2.43. The second-order valence-electron chi connectivity index (χ2n) is 14.9. The van der Waals surface area contributed by atoms with Crippen molar-refractivity contribution >= 4 is 77.0 Å². The third-order valence-corrected chi connectivity index (χ3v) is 11.5. The zero-order chi connectivity index (χ0) is 38.2. The first-order valence-electron chi connectivity index (χ1n) is 19.6. The van der Waals surface area contributed by atoms with Gasteiger partial charge in [0.25, 0.3) is 0 Å². The summed E-state index contributed by atoms with van der Waals surface area (Å²) >= 11 is 0. The van der Waals surface area contributed by atoms with Crippen molar-refractivity contribution in [2.24, 2.45) is 4.99 Å². The van der Waals surface area contributed by atoms with E-state index >= 15 is 0 Å². The summed E-state index contributed by atoms with van der Waals surface area (Å²) in [6.07, 6.45) is 1.83.